The number of imide groups is 1. The van der Waals surface area contributed by atoms with Gasteiger partial charge in [0.25, 0.3) is 5.91 Å². The molecule has 0 aliphatic carbocycles. The number of carbonyl (C=O) groups is 3. The SMILES string of the molecule is CC1(CCc2ccccc2)NC(=O)N(CC(=O)NCc2cccs2)C1=O. The molecule has 0 bridgehead atoms. The first-order valence-electron chi connectivity index (χ1n) is 8.45. The highest BCUT2D eigenvalue weighted by atomic mass is 32.1. The zero-order valence-corrected chi connectivity index (χ0v) is 15.3. The maximum Gasteiger partial charge on any atom is 0.325 e. The fourth-order valence-electron chi connectivity index (χ4n) is 2.90. The molecule has 0 radical (unpaired) electrons. The van der Waals surface area contributed by atoms with Gasteiger partial charge in [-0.25, -0.2) is 4.79 Å². The van der Waals surface area contributed by atoms with Crippen LogP contribution in [0.3, 0.4) is 0 Å². The maximum atomic E-state index is 12.7. The molecule has 3 rings (SSSR count). The lowest BCUT2D eigenvalue weighted by Gasteiger charge is -2.21. The van der Waals surface area contributed by atoms with Crippen molar-refractivity contribution < 1.29 is 14.4 Å². The van der Waals surface area contributed by atoms with Gasteiger partial charge in [-0.2, -0.15) is 0 Å². The van der Waals surface area contributed by atoms with E-state index in [2.05, 4.69) is 10.6 Å². The number of benzene rings is 1. The van der Waals surface area contributed by atoms with Gasteiger partial charge in [0, 0.05) is 4.88 Å². The first-order chi connectivity index (χ1) is 12.5. The van der Waals surface area contributed by atoms with Gasteiger partial charge in [0.15, 0.2) is 0 Å². The van der Waals surface area contributed by atoms with E-state index in [1.807, 2.05) is 47.8 Å². The fraction of sp³-hybridized carbons (Fsp3) is 0.316. The van der Waals surface area contributed by atoms with Gasteiger partial charge in [0.2, 0.25) is 5.91 Å². The quantitative estimate of drug-likeness (QED) is 0.733. The van der Waals surface area contributed by atoms with Gasteiger partial charge in [-0.1, -0.05) is 36.4 Å². The summed E-state index contributed by atoms with van der Waals surface area (Å²) in [6.07, 6.45) is 1.15. The van der Waals surface area contributed by atoms with Gasteiger partial charge in [-0.15, -0.1) is 11.3 Å². The van der Waals surface area contributed by atoms with Crippen LogP contribution in [0, 0.1) is 0 Å². The summed E-state index contributed by atoms with van der Waals surface area (Å²) in [5.41, 5.74) is 0.115. The molecule has 1 fully saturated rings. The molecular weight excluding hydrogens is 350 g/mol. The predicted octanol–water partition coefficient (Wildman–Crippen LogP) is 2.31. The first kappa shape index (κ1) is 18.1. The van der Waals surface area contributed by atoms with Gasteiger partial charge in [-0.3, -0.25) is 14.5 Å². The monoisotopic (exact) mass is 371 g/mol. The summed E-state index contributed by atoms with van der Waals surface area (Å²) in [4.78, 5) is 39.0. The molecule has 6 nitrogen and oxygen atoms in total. The van der Waals surface area contributed by atoms with Crippen LogP contribution >= 0.6 is 11.3 Å². The second kappa shape index (κ2) is 7.70. The molecule has 1 aliphatic heterocycles. The van der Waals surface area contributed by atoms with Crippen LogP contribution in [-0.2, 0) is 22.6 Å². The van der Waals surface area contributed by atoms with Crippen molar-refractivity contribution >= 4 is 29.2 Å². The number of carbonyl (C=O) groups excluding carboxylic acids is 3. The summed E-state index contributed by atoms with van der Waals surface area (Å²) in [5.74, 6) is -0.709. The molecule has 2 heterocycles. The molecule has 1 aromatic heterocycles. The third-order valence-electron chi connectivity index (χ3n) is 4.44. The Kier molecular flexibility index (Phi) is 5.37. The fourth-order valence-corrected chi connectivity index (χ4v) is 3.54. The number of thiophene rings is 1. The maximum absolute atomic E-state index is 12.7. The standard InChI is InChI=1S/C19H21N3O3S/c1-19(10-9-14-6-3-2-4-7-14)17(24)22(18(25)21-19)13-16(23)20-12-15-8-5-11-26-15/h2-8,11H,9-10,12-13H2,1H3,(H,20,23)(H,21,25). The Labute approximate surface area is 156 Å². The molecule has 136 valence electrons. The van der Waals surface area contributed by atoms with Crippen LogP contribution in [0.25, 0.3) is 0 Å². The van der Waals surface area contributed by atoms with Crippen molar-refractivity contribution in [3.8, 4) is 0 Å². The van der Waals surface area contributed by atoms with E-state index >= 15 is 0 Å². The smallest absolute Gasteiger partial charge is 0.325 e. The third-order valence-corrected chi connectivity index (χ3v) is 5.32. The molecule has 1 atom stereocenters. The molecule has 1 unspecified atom stereocenters. The number of hydrogen-bond donors (Lipinski definition) is 2. The largest absolute Gasteiger partial charge is 0.350 e. The molecule has 0 spiro atoms. The van der Waals surface area contributed by atoms with E-state index in [1.54, 1.807) is 6.92 Å². The number of hydrogen-bond acceptors (Lipinski definition) is 4. The molecule has 1 aromatic carbocycles. The Morgan fingerprint density at radius 2 is 1.96 bits per heavy atom. The van der Waals surface area contributed by atoms with Gasteiger partial charge < -0.3 is 10.6 Å². The van der Waals surface area contributed by atoms with E-state index in [4.69, 9.17) is 0 Å². The number of amides is 4. The average Bonchev–Trinajstić information content (AvgIpc) is 3.23. The summed E-state index contributed by atoms with van der Waals surface area (Å²) >= 11 is 1.54. The van der Waals surface area contributed by atoms with Crippen LogP contribution < -0.4 is 10.6 Å². The summed E-state index contributed by atoms with van der Waals surface area (Å²) in [6, 6.07) is 13.1. The predicted molar refractivity (Wildman–Crippen MR) is 99.6 cm³/mol. The zero-order valence-electron chi connectivity index (χ0n) is 14.5. The van der Waals surface area contributed by atoms with Crippen molar-refractivity contribution in [2.45, 2.75) is 31.8 Å². The summed E-state index contributed by atoms with van der Waals surface area (Å²) in [7, 11) is 0. The van der Waals surface area contributed by atoms with Crippen molar-refractivity contribution in [1.82, 2.24) is 15.5 Å². The molecule has 1 saturated heterocycles. The molecule has 26 heavy (non-hydrogen) atoms. The summed E-state index contributed by atoms with van der Waals surface area (Å²) in [6.45, 7) is 1.84. The van der Waals surface area contributed by atoms with Crippen molar-refractivity contribution in [3.63, 3.8) is 0 Å². The Hall–Kier alpha value is -2.67. The lowest BCUT2D eigenvalue weighted by atomic mass is 9.93. The second-order valence-electron chi connectivity index (χ2n) is 6.50. The number of nitrogens with zero attached hydrogens (tertiary/aromatic N) is 1. The Morgan fingerprint density at radius 3 is 2.65 bits per heavy atom. The Bertz CT molecular complexity index is 792. The molecule has 0 saturated carbocycles. The van der Waals surface area contributed by atoms with E-state index in [1.165, 1.54) is 11.3 Å². The van der Waals surface area contributed by atoms with Gasteiger partial charge in [-0.05, 0) is 36.8 Å². The summed E-state index contributed by atoms with van der Waals surface area (Å²) < 4.78 is 0. The van der Waals surface area contributed by atoms with Crippen molar-refractivity contribution in [2.75, 3.05) is 6.54 Å². The molecule has 2 aromatic rings. The van der Waals surface area contributed by atoms with E-state index in [0.717, 1.165) is 15.3 Å². The first-order valence-corrected chi connectivity index (χ1v) is 9.33. The van der Waals surface area contributed by atoms with Gasteiger partial charge in [0.05, 0.1) is 6.54 Å². The molecular formula is C19H21N3O3S. The highest BCUT2D eigenvalue weighted by molar-refractivity contribution is 7.09. The van der Waals surface area contributed by atoms with Crippen LogP contribution in [0.2, 0.25) is 0 Å². The molecule has 2 N–H and O–H groups in total. The lowest BCUT2D eigenvalue weighted by molar-refractivity contribution is -0.134. The minimum Gasteiger partial charge on any atom is -0.350 e. The van der Waals surface area contributed by atoms with E-state index < -0.39 is 11.6 Å². The molecule has 4 amide bonds. The van der Waals surface area contributed by atoms with Crippen LogP contribution in [0.5, 0.6) is 0 Å². The highest BCUT2D eigenvalue weighted by Crippen LogP contribution is 2.23. The topological polar surface area (TPSA) is 78.5 Å². The Morgan fingerprint density at radius 1 is 1.19 bits per heavy atom. The van der Waals surface area contributed by atoms with E-state index in [0.29, 0.717) is 19.4 Å². The van der Waals surface area contributed by atoms with Gasteiger partial charge >= 0.3 is 6.03 Å². The van der Waals surface area contributed by atoms with Crippen LogP contribution in [-0.4, -0.2) is 34.8 Å². The number of aryl methyl sites for hydroxylation is 1. The minimum atomic E-state index is -0.985. The minimum absolute atomic E-state index is 0.267. The average molecular weight is 371 g/mol. The molecule has 7 heteroatoms. The van der Waals surface area contributed by atoms with Gasteiger partial charge in [0.1, 0.15) is 12.1 Å². The van der Waals surface area contributed by atoms with Crippen molar-refractivity contribution in [3.05, 3.63) is 58.3 Å². The highest BCUT2D eigenvalue weighted by Gasteiger charge is 2.47. The van der Waals surface area contributed by atoms with Crippen molar-refractivity contribution in [1.29, 1.82) is 0 Å². The third kappa shape index (κ3) is 4.11. The zero-order chi connectivity index (χ0) is 18.6. The number of urea groups is 1. The number of rotatable bonds is 7. The second-order valence-corrected chi connectivity index (χ2v) is 7.53. The summed E-state index contributed by atoms with van der Waals surface area (Å²) in [5, 5.41) is 7.40. The Balaban J connectivity index is 1.56. The van der Waals surface area contributed by atoms with Crippen LogP contribution in [0.4, 0.5) is 4.79 Å². The normalized spacial score (nSPS) is 19.5. The lowest BCUT2D eigenvalue weighted by Crippen LogP contribution is -2.45. The van der Waals surface area contributed by atoms with E-state index in [9.17, 15) is 14.4 Å². The molecule has 1 aliphatic rings. The van der Waals surface area contributed by atoms with E-state index in [-0.39, 0.29) is 18.4 Å². The number of nitrogens with one attached hydrogen (secondary N) is 2. The van der Waals surface area contributed by atoms with Crippen LogP contribution in [0.1, 0.15) is 23.8 Å². The van der Waals surface area contributed by atoms with Crippen LogP contribution in [0.15, 0.2) is 47.8 Å². The van der Waals surface area contributed by atoms with Crippen molar-refractivity contribution in [2.24, 2.45) is 0 Å².